The molecule has 0 fully saturated rings. The molecule has 0 saturated carbocycles. The fraction of sp³-hybridized carbons (Fsp3) is 0.258. The maximum Gasteiger partial charge on any atom is 0.412 e. The monoisotopic (exact) mass is 671 g/mol. The van der Waals surface area contributed by atoms with Crippen LogP contribution in [0, 0.1) is 0 Å². The van der Waals surface area contributed by atoms with Gasteiger partial charge in [0, 0.05) is 16.2 Å². The van der Waals surface area contributed by atoms with Gasteiger partial charge in [-0.15, -0.1) is 0 Å². The van der Waals surface area contributed by atoms with Gasteiger partial charge in [0.1, 0.15) is 5.60 Å². The zero-order valence-electron chi connectivity index (χ0n) is 24.2. The summed E-state index contributed by atoms with van der Waals surface area (Å²) in [7, 11) is -3.66. The molecule has 0 heterocycles. The average Bonchev–Trinajstić information content (AvgIpc) is 2.91. The number of halogens is 1. The number of benzene rings is 3. The average molecular weight is 673 g/mol. The van der Waals surface area contributed by atoms with E-state index in [0.29, 0.717) is 28.2 Å². The number of amides is 3. The first-order valence-corrected chi connectivity index (χ1v) is 15.9. The highest BCUT2D eigenvalue weighted by molar-refractivity contribution is 9.10. The smallest absolute Gasteiger partial charge is 0.412 e. The molecule has 0 bridgehead atoms. The molecular weight excluding hydrogens is 638 g/mol. The van der Waals surface area contributed by atoms with E-state index in [4.69, 9.17) is 8.92 Å². The van der Waals surface area contributed by atoms with Crippen molar-refractivity contribution in [1.29, 1.82) is 0 Å². The van der Waals surface area contributed by atoms with E-state index >= 15 is 0 Å². The minimum Gasteiger partial charge on any atom is -0.444 e. The van der Waals surface area contributed by atoms with Gasteiger partial charge >= 0.3 is 6.09 Å². The SMILES string of the molecule is CC(C)(C)OC(=O)Nc1ccccc1NC(=O)/C=C/c1ccc(C(CCOS(C)(=O)=O)C(=O)Nc2ccc(Br)cc2)cc1. The maximum atomic E-state index is 13.2. The highest BCUT2D eigenvalue weighted by Gasteiger charge is 2.22. The largest absolute Gasteiger partial charge is 0.444 e. The first-order chi connectivity index (χ1) is 20.2. The lowest BCUT2D eigenvalue weighted by Crippen LogP contribution is -2.27. The quantitative estimate of drug-likeness (QED) is 0.155. The Hall–Kier alpha value is -4.00. The lowest BCUT2D eigenvalue weighted by atomic mass is 9.94. The molecular formula is C31H34BrN3O7S. The van der Waals surface area contributed by atoms with E-state index in [1.54, 1.807) is 99.6 Å². The molecule has 0 spiro atoms. The molecule has 3 aromatic carbocycles. The predicted molar refractivity (Wildman–Crippen MR) is 171 cm³/mol. The van der Waals surface area contributed by atoms with E-state index < -0.39 is 33.6 Å². The molecule has 1 unspecified atom stereocenters. The first-order valence-electron chi connectivity index (χ1n) is 13.3. The van der Waals surface area contributed by atoms with Crippen LogP contribution in [0.1, 0.15) is 44.2 Å². The van der Waals surface area contributed by atoms with E-state index in [1.165, 1.54) is 6.08 Å². The van der Waals surface area contributed by atoms with Crippen LogP contribution in [-0.2, 0) is 28.6 Å². The van der Waals surface area contributed by atoms with Crippen molar-refractivity contribution in [2.75, 3.05) is 28.8 Å². The number of hydrogen-bond donors (Lipinski definition) is 3. The van der Waals surface area contributed by atoms with Gasteiger partial charge in [0.05, 0.1) is 30.2 Å². The second-order valence-corrected chi connectivity index (χ2v) is 13.1. The van der Waals surface area contributed by atoms with Crippen molar-refractivity contribution in [2.24, 2.45) is 0 Å². The Labute approximate surface area is 260 Å². The van der Waals surface area contributed by atoms with E-state index in [-0.39, 0.29) is 18.9 Å². The second-order valence-electron chi connectivity index (χ2n) is 10.5. The van der Waals surface area contributed by atoms with Crippen LogP contribution in [0.3, 0.4) is 0 Å². The minimum atomic E-state index is -3.66. The normalized spacial score (nSPS) is 12.4. The number of para-hydroxylation sites is 2. The summed E-state index contributed by atoms with van der Waals surface area (Å²) in [5, 5.41) is 8.23. The summed E-state index contributed by atoms with van der Waals surface area (Å²) < 4.78 is 33.9. The molecule has 0 aromatic heterocycles. The topological polar surface area (TPSA) is 140 Å². The van der Waals surface area contributed by atoms with Gasteiger partial charge in [-0.1, -0.05) is 52.3 Å². The van der Waals surface area contributed by atoms with Crippen molar-refractivity contribution in [2.45, 2.75) is 38.7 Å². The Morgan fingerprint density at radius 3 is 2.07 bits per heavy atom. The molecule has 0 saturated heterocycles. The van der Waals surface area contributed by atoms with Crippen LogP contribution >= 0.6 is 15.9 Å². The van der Waals surface area contributed by atoms with Gasteiger partial charge in [-0.05, 0) is 80.8 Å². The van der Waals surface area contributed by atoms with Crippen molar-refractivity contribution >= 4 is 67.1 Å². The van der Waals surface area contributed by atoms with E-state index in [0.717, 1.165) is 10.7 Å². The molecule has 0 aliphatic heterocycles. The van der Waals surface area contributed by atoms with Crippen LogP contribution in [-0.4, -0.2) is 44.8 Å². The lowest BCUT2D eigenvalue weighted by Gasteiger charge is -2.20. The van der Waals surface area contributed by atoms with Crippen molar-refractivity contribution in [3.63, 3.8) is 0 Å². The summed E-state index contributed by atoms with van der Waals surface area (Å²) in [4.78, 5) is 38.0. The Morgan fingerprint density at radius 1 is 0.884 bits per heavy atom. The molecule has 0 aliphatic rings. The maximum absolute atomic E-state index is 13.2. The molecule has 3 amide bonds. The van der Waals surface area contributed by atoms with Gasteiger partial charge in [0.15, 0.2) is 0 Å². The third-order valence-corrected chi connectivity index (χ3v) is 6.84. The summed E-state index contributed by atoms with van der Waals surface area (Å²) >= 11 is 3.36. The molecule has 12 heteroatoms. The van der Waals surface area contributed by atoms with E-state index in [2.05, 4.69) is 31.9 Å². The number of carbonyl (C=O) groups is 3. The van der Waals surface area contributed by atoms with Gasteiger partial charge in [-0.2, -0.15) is 8.42 Å². The number of rotatable bonds is 11. The van der Waals surface area contributed by atoms with E-state index in [9.17, 15) is 22.8 Å². The molecule has 3 aromatic rings. The van der Waals surface area contributed by atoms with Gasteiger partial charge in [0.25, 0.3) is 10.1 Å². The highest BCUT2D eigenvalue weighted by atomic mass is 79.9. The molecule has 43 heavy (non-hydrogen) atoms. The summed E-state index contributed by atoms with van der Waals surface area (Å²) in [5.41, 5.74) is 2.04. The lowest BCUT2D eigenvalue weighted by molar-refractivity contribution is -0.118. The first kappa shape index (κ1) is 33.5. The predicted octanol–water partition coefficient (Wildman–Crippen LogP) is 6.54. The summed E-state index contributed by atoms with van der Waals surface area (Å²) in [6.07, 6.45) is 3.39. The summed E-state index contributed by atoms with van der Waals surface area (Å²) in [6, 6.07) is 20.8. The molecule has 0 aliphatic carbocycles. The van der Waals surface area contributed by atoms with Crippen LogP contribution in [0.15, 0.2) is 83.3 Å². The van der Waals surface area contributed by atoms with Crippen LogP contribution in [0.2, 0.25) is 0 Å². The van der Waals surface area contributed by atoms with Crippen molar-refractivity contribution in [3.8, 4) is 0 Å². The van der Waals surface area contributed by atoms with E-state index in [1.807, 2.05) is 0 Å². The zero-order valence-corrected chi connectivity index (χ0v) is 26.6. The number of ether oxygens (including phenoxy) is 1. The molecule has 1 atom stereocenters. The van der Waals surface area contributed by atoms with Crippen molar-refractivity contribution in [3.05, 3.63) is 94.5 Å². The van der Waals surface area contributed by atoms with Crippen LogP contribution in [0.25, 0.3) is 6.08 Å². The van der Waals surface area contributed by atoms with Crippen LogP contribution < -0.4 is 16.0 Å². The van der Waals surface area contributed by atoms with Crippen molar-refractivity contribution in [1.82, 2.24) is 0 Å². The van der Waals surface area contributed by atoms with Gasteiger partial charge in [-0.25, -0.2) is 4.79 Å². The highest BCUT2D eigenvalue weighted by Crippen LogP contribution is 2.25. The minimum absolute atomic E-state index is 0.129. The zero-order chi connectivity index (χ0) is 31.6. The third kappa shape index (κ3) is 12.0. The fourth-order valence-electron chi connectivity index (χ4n) is 3.83. The molecule has 3 N–H and O–H groups in total. The Balaban J connectivity index is 1.69. The van der Waals surface area contributed by atoms with Gasteiger partial charge in [0.2, 0.25) is 11.8 Å². The van der Waals surface area contributed by atoms with Gasteiger partial charge in [-0.3, -0.25) is 19.1 Å². The number of nitrogens with one attached hydrogen (secondary N) is 3. The fourth-order valence-corrected chi connectivity index (χ4v) is 4.49. The Kier molecular flexibility index (Phi) is 11.6. The number of carbonyl (C=O) groups excluding carboxylic acids is 3. The third-order valence-electron chi connectivity index (χ3n) is 5.72. The second kappa shape index (κ2) is 14.9. The standard InChI is InChI=1S/C31H34BrN3O7S/c1-31(2,3)42-30(38)35-27-8-6-5-7-26(27)34-28(36)18-11-21-9-12-22(13-10-21)25(19-20-41-43(4,39)40)29(37)33-24-16-14-23(32)15-17-24/h5-18,25H,19-20H2,1-4H3,(H,33,37)(H,34,36)(H,35,38)/b18-11+. The number of hydrogen-bond acceptors (Lipinski definition) is 7. The molecule has 3 rings (SSSR count). The molecule has 228 valence electrons. The van der Waals surface area contributed by atoms with Gasteiger partial charge < -0.3 is 15.4 Å². The van der Waals surface area contributed by atoms with Crippen molar-refractivity contribution < 1.29 is 31.7 Å². The summed E-state index contributed by atoms with van der Waals surface area (Å²) in [6.45, 7) is 5.10. The molecule has 10 nitrogen and oxygen atoms in total. The van der Waals surface area contributed by atoms with Crippen LogP contribution in [0.5, 0.6) is 0 Å². The summed E-state index contributed by atoms with van der Waals surface area (Å²) in [5.74, 6) is -1.44. The number of anilines is 3. The Bertz CT molecular complexity index is 1570. The van der Waals surface area contributed by atoms with Crippen LogP contribution in [0.4, 0.5) is 21.9 Å². The Morgan fingerprint density at radius 2 is 1.49 bits per heavy atom. The molecule has 0 radical (unpaired) electrons.